The molecule has 0 amide bonds. The maximum atomic E-state index is 5.80. The van der Waals surface area contributed by atoms with Crippen LogP contribution in [-0.4, -0.2) is 25.5 Å². The topological polar surface area (TPSA) is 42.9 Å². The molecule has 2 aromatic rings. The Morgan fingerprint density at radius 1 is 1.13 bits per heavy atom. The molecule has 1 N–H and O–H groups in total. The first kappa shape index (κ1) is 15.7. The van der Waals surface area contributed by atoms with Crippen molar-refractivity contribution in [1.82, 2.24) is 0 Å². The zero-order valence-electron chi connectivity index (χ0n) is 13.2. The number of hydrogen-bond acceptors (Lipinski definition) is 4. The molecule has 1 unspecified atom stereocenters. The molecule has 0 aliphatic carbocycles. The van der Waals surface area contributed by atoms with Crippen LogP contribution < -0.4 is 5.43 Å². The second-order valence-electron chi connectivity index (χ2n) is 5.58. The molecule has 1 heterocycles. The first-order valence-electron chi connectivity index (χ1n) is 8.03. The summed E-state index contributed by atoms with van der Waals surface area (Å²) in [5.41, 5.74) is 6.19. The number of anilines is 1. The van der Waals surface area contributed by atoms with Crippen molar-refractivity contribution in [2.24, 2.45) is 5.10 Å². The van der Waals surface area contributed by atoms with Crippen LogP contribution in [0.3, 0.4) is 0 Å². The molecule has 4 heteroatoms. The predicted molar refractivity (Wildman–Crippen MR) is 92.7 cm³/mol. The zero-order valence-corrected chi connectivity index (χ0v) is 13.2. The molecule has 3 rings (SSSR count). The molecule has 1 fully saturated rings. The smallest absolute Gasteiger partial charge is 0.0809 e. The normalized spacial score (nSPS) is 17.7. The zero-order chi connectivity index (χ0) is 15.7. The summed E-state index contributed by atoms with van der Waals surface area (Å²) in [6, 6.07) is 18.0. The summed E-state index contributed by atoms with van der Waals surface area (Å²) in [6.45, 7) is 2.10. The summed E-state index contributed by atoms with van der Waals surface area (Å²) in [5, 5.41) is 4.30. The Hall–Kier alpha value is -2.17. The van der Waals surface area contributed by atoms with Crippen LogP contribution in [0.4, 0.5) is 5.69 Å². The van der Waals surface area contributed by atoms with Gasteiger partial charge in [-0.3, -0.25) is 5.43 Å². The van der Waals surface area contributed by atoms with Crippen molar-refractivity contribution >= 4 is 11.9 Å². The Bertz CT molecular complexity index is 622. The summed E-state index contributed by atoms with van der Waals surface area (Å²) in [6.07, 6.45) is 4.33. The Morgan fingerprint density at radius 2 is 1.96 bits per heavy atom. The van der Waals surface area contributed by atoms with E-state index in [0.717, 1.165) is 36.3 Å². The summed E-state index contributed by atoms with van der Waals surface area (Å²) < 4.78 is 11.4. The van der Waals surface area contributed by atoms with Gasteiger partial charge in [0.2, 0.25) is 0 Å². The number of nitrogens with one attached hydrogen (secondary N) is 1. The Kier molecular flexibility index (Phi) is 5.78. The molecule has 1 aliphatic rings. The van der Waals surface area contributed by atoms with E-state index in [4.69, 9.17) is 9.47 Å². The molecule has 0 saturated carbocycles. The number of hydrazone groups is 1. The Morgan fingerprint density at radius 3 is 2.78 bits per heavy atom. The first-order valence-corrected chi connectivity index (χ1v) is 8.03. The lowest BCUT2D eigenvalue weighted by atomic mass is 10.1. The first-order chi connectivity index (χ1) is 11.4. The van der Waals surface area contributed by atoms with Crippen molar-refractivity contribution < 1.29 is 9.47 Å². The number of hydrogen-bond donors (Lipinski definition) is 1. The van der Waals surface area contributed by atoms with E-state index in [-0.39, 0.29) is 6.10 Å². The van der Waals surface area contributed by atoms with Gasteiger partial charge in [0, 0.05) is 12.2 Å². The molecular weight excluding hydrogens is 288 g/mol. The SMILES string of the molecule is C(=NNc1ccccc1)c1ccccc1COCC1CCCO1. The molecule has 0 bridgehead atoms. The number of ether oxygens (including phenoxy) is 2. The van der Waals surface area contributed by atoms with Crippen LogP contribution in [0.25, 0.3) is 0 Å². The van der Waals surface area contributed by atoms with Crippen molar-refractivity contribution in [3.8, 4) is 0 Å². The Labute approximate surface area is 137 Å². The predicted octanol–water partition coefficient (Wildman–Crippen LogP) is 3.83. The molecule has 23 heavy (non-hydrogen) atoms. The third-order valence-electron chi connectivity index (χ3n) is 3.81. The minimum Gasteiger partial charge on any atom is -0.376 e. The van der Waals surface area contributed by atoms with Gasteiger partial charge in [0.05, 0.1) is 31.2 Å². The van der Waals surface area contributed by atoms with E-state index >= 15 is 0 Å². The molecule has 0 radical (unpaired) electrons. The van der Waals surface area contributed by atoms with Gasteiger partial charge in [-0.05, 0) is 30.5 Å². The van der Waals surface area contributed by atoms with Crippen LogP contribution in [-0.2, 0) is 16.1 Å². The highest BCUT2D eigenvalue weighted by atomic mass is 16.5. The van der Waals surface area contributed by atoms with Gasteiger partial charge in [0.25, 0.3) is 0 Å². The minimum absolute atomic E-state index is 0.260. The van der Waals surface area contributed by atoms with Crippen LogP contribution in [0.1, 0.15) is 24.0 Å². The fourth-order valence-electron chi connectivity index (χ4n) is 2.56. The van der Waals surface area contributed by atoms with Gasteiger partial charge < -0.3 is 9.47 Å². The number of nitrogens with zero attached hydrogens (tertiary/aromatic N) is 1. The molecule has 0 spiro atoms. The second-order valence-corrected chi connectivity index (χ2v) is 5.58. The highest BCUT2D eigenvalue weighted by molar-refractivity contribution is 5.82. The van der Waals surface area contributed by atoms with Crippen LogP contribution in [0.5, 0.6) is 0 Å². The summed E-state index contributed by atoms with van der Waals surface area (Å²) in [4.78, 5) is 0. The molecule has 2 aromatic carbocycles. The third kappa shape index (κ3) is 4.91. The van der Waals surface area contributed by atoms with E-state index in [1.165, 1.54) is 0 Å². The van der Waals surface area contributed by atoms with Crippen molar-refractivity contribution in [1.29, 1.82) is 0 Å². The Balaban J connectivity index is 1.54. The van der Waals surface area contributed by atoms with Crippen molar-refractivity contribution in [3.63, 3.8) is 0 Å². The third-order valence-corrected chi connectivity index (χ3v) is 3.81. The van der Waals surface area contributed by atoms with E-state index in [1.807, 2.05) is 54.7 Å². The van der Waals surface area contributed by atoms with E-state index in [0.29, 0.717) is 13.2 Å². The van der Waals surface area contributed by atoms with Crippen molar-refractivity contribution in [2.45, 2.75) is 25.6 Å². The van der Waals surface area contributed by atoms with Gasteiger partial charge in [-0.2, -0.15) is 5.10 Å². The van der Waals surface area contributed by atoms with E-state index in [1.54, 1.807) is 0 Å². The monoisotopic (exact) mass is 310 g/mol. The fourth-order valence-corrected chi connectivity index (χ4v) is 2.56. The van der Waals surface area contributed by atoms with Gasteiger partial charge in [-0.25, -0.2) is 0 Å². The van der Waals surface area contributed by atoms with E-state index in [2.05, 4.69) is 16.6 Å². The maximum Gasteiger partial charge on any atom is 0.0809 e. The number of benzene rings is 2. The van der Waals surface area contributed by atoms with E-state index in [9.17, 15) is 0 Å². The average Bonchev–Trinajstić information content (AvgIpc) is 3.11. The van der Waals surface area contributed by atoms with Crippen LogP contribution >= 0.6 is 0 Å². The average molecular weight is 310 g/mol. The molecule has 4 nitrogen and oxygen atoms in total. The lowest BCUT2D eigenvalue weighted by molar-refractivity contribution is 0.0106. The highest BCUT2D eigenvalue weighted by Crippen LogP contribution is 2.14. The summed E-state index contributed by atoms with van der Waals surface area (Å²) in [5.74, 6) is 0. The molecule has 1 atom stereocenters. The summed E-state index contributed by atoms with van der Waals surface area (Å²) >= 11 is 0. The molecule has 1 aliphatic heterocycles. The summed E-state index contributed by atoms with van der Waals surface area (Å²) in [7, 11) is 0. The molecule has 1 saturated heterocycles. The number of para-hydroxylation sites is 1. The van der Waals surface area contributed by atoms with Gasteiger partial charge in [-0.1, -0.05) is 42.5 Å². The largest absolute Gasteiger partial charge is 0.376 e. The van der Waals surface area contributed by atoms with Crippen LogP contribution in [0.15, 0.2) is 59.7 Å². The highest BCUT2D eigenvalue weighted by Gasteiger charge is 2.15. The lowest BCUT2D eigenvalue weighted by Crippen LogP contribution is -2.14. The molecular formula is C19H22N2O2. The molecule has 0 aromatic heterocycles. The minimum atomic E-state index is 0.260. The van der Waals surface area contributed by atoms with Gasteiger partial charge >= 0.3 is 0 Å². The molecule has 120 valence electrons. The maximum absolute atomic E-state index is 5.80. The lowest BCUT2D eigenvalue weighted by Gasteiger charge is -2.11. The van der Waals surface area contributed by atoms with Crippen LogP contribution in [0, 0.1) is 0 Å². The van der Waals surface area contributed by atoms with E-state index < -0.39 is 0 Å². The van der Waals surface area contributed by atoms with Crippen molar-refractivity contribution in [3.05, 3.63) is 65.7 Å². The quantitative estimate of drug-likeness (QED) is 0.624. The van der Waals surface area contributed by atoms with Gasteiger partial charge in [-0.15, -0.1) is 0 Å². The standard InChI is InChI=1S/C19H22N2O2/c1-2-9-18(10-3-1)21-20-13-16-7-4-5-8-17(16)14-22-15-19-11-6-12-23-19/h1-5,7-10,13,19,21H,6,11-12,14-15H2. The van der Waals surface area contributed by atoms with Crippen LogP contribution in [0.2, 0.25) is 0 Å². The number of rotatable bonds is 7. The van der Waals surface area contributed by atoms with Gasteiger partial charge in [0.1, 0.15) is 0 Å². The van der Waals surface area contributed by atoms with Gasteiger partial charge in [0.15, 0.2) is 0 Å². The second kappa shape index (κ2) is 8.46. The van der Waals surface area contributed by atoms with Crippen molar-refractivity contribution in [2.75, 3.05) is 18.6 Å². The fraction of sp³-hybridized carbons (Fsp3) is 0.316.